The van der Waals surface area contributed by atoms with E-state index < -0.39 is 0 Å². The Balaban J connectivity index is 1.91. The average molecular weight is 355 g/mol. The first kappa shape index (κ1) is 15.6. The zero-order chi connectivity index (χ0) is 14.4. The molecular weight excluding hydrogens is 336 g/mol. The first-order valence-electron chi connectivity index (χ1n) is 6.57. The number of aryl methyl sites for hydroxylation is 1. The molecule has 1 heterocycles. The molecule has 0 saturated heterocycles. The van der Waals surface area contributed by atoms with Crippen LogP contribution in [0, 0.1) is 0 Å². The maximum atomic E-state index is 5.66. The Morgan fingerprint density at radius 1 is 1.45 bits per heavy atom. The second-order valence-corrected chi connectivity index (χ2v) is 6.43. The summed E-state index contributed by atoms with van der Waals surface area (Å²) in [6.45, 7) is 2.98. The van der Waals surface area contributed by atoms with Gasteiger partial charge < -0.3 is 0 Å². The number of thioether (sulfide) groups is 1. The van der Waals surface area contributed by atoms with Gasteiger partial charge in [-0.05, 0) is 47.0 Å². The molecule has 6 heteroatoms. The zero-order valence-corrected chi connectivity index (χ0v) is 13.8. The predicted octanol–water partition coefficient (Wildman–Crippen LogP) is 2.83. The van der Waals surface area contributed by atoms with E-state index in [9.17, 15) is 0 Å². The van der Waals surface area contributed by atoms with Gasteiger partial charge in [-0.3, -0.25) is 16.0 Å². The summed E-state index contributed by atoms with van der Waals surface area (Å²) in [6, 6.07) is 8.45. The highest BCUT2D eigenvalue weighted by atomic mass is 79.9. The number of nitrogens with one attached hydrogen (secondary N) is 1. The molecule has 1 atom stereocenters. The lowest BCUT2D eigenvalue weighted by Crippen LogP contribution is -2.38. The molecule has 0 fully saturated rings. The lowest BCUT2D eigenvalue weighted by Gasteiger charge is -2.15. The smallest absolute Gasteiger partial charge is 0.0522 e. The fraction of sp³-hybridized carbons (Fsp3) is 0.357. The van der Waals surface area contributed by atoms with Gasteiger partial charge in [0.1, 0.15) is 0 Å². The van der Waals surface area contributed by atoms with Crippen LogP contribution in [0.5, 0.6) is 0 Å². The summed E-state index contributed by atoms with van der Waals surface area (Å²) in [5, 5.41) is 4.29. The van der Waals surface area contributed by atoms with E-state index in [1.807, 2.05) is 23.0 Å². The van der Waals surface area contributed by atoms with Crippen LogP contribution in [-0.2, 0) is 13.0 Å². The van der Waals surface area contributed by atoms with Crippen molar-refractivity contribution in [1.82, 2.24) is 15.2 Å². The van der Waals surface area contributed by atoms with Gasteiger partial charge in [0.15, 0.2) is 0 Å². The van der Waals surface area contributed by atoms with Gasteiger partial charge in [0.05, 0.1) is 6.20 Å². The molecule has 1 unspecified atom stereocenters. The lowest BCUT2D eigenvalue weighted by molar-refractivity contribution is 0.574. The number of aromatic nitrogens is 2. The van der Waals surface area contributed by atoms with Crippen molar-refractivity contribution < 1.29 is 0 Å². The van der Waals surface area contributed by atoms with Crippen LogP contribution in [0.25, 0.3) is 0 Å². The molecule has 3 N–H and O–H groups in total. The van der Waals surface area contributed by atoms with Crippen LogP contribution >= 0.6 is 27.7 Å². The van der Waals surface area contributed by atoms with Crippen LogP contribution in [0.15, 0.2) is 46.0 Å². The normalized spacial score (nSPS) is 12.6. The maximum Gasteiger partial charge on any atom is 0.0522 e. The van der Waals surface area contributed by atoms with Crippen LogP contribution in [0.3, 0.4) is 0 Å². The molecule has 0 amide bonds. The SMILES string of the molecule is CCn1cc(CC(CSc2ccccc2Br)NN)cn1. The van der Waals surface area contributed by atoms with E-state index in [1.54, 1.807) is 11.8 Å². The molecule has 0 aliphatic carbocycles. The molecule has 0 aliphatic heterocycles. The molecule has 20 heavy (non-hydrogen) atoms. The van der Waals surface area contributed by atoms with Crippen molar-refractivity contribution in [3.05, 3.63) is 46.7 Å². The van der Waals surface area contributed by atoms with E-state index in [-0.39, 0.29) is 6.04 Å². The molecule has 1 aromatic heterocycles. The van der Waals surface area contributed by atoms with Gasteiger partial charge in [-0.2, -0.15) is 5.10 Å². The Bertz CT molecular complexity index is 543. The van der Waals surface area contributed by atoms with Crippen molar-refractivity contribution in [2.75, 3.05) is 5.75 Å². The van der Waals surface area contributed by atoms with E-state index in [2.05, 4.69) is 51.7 Å². The summed E-state index contributed by atoms with van der Waals surface area (Å²) < 4.78 is 3.06. The van der Waals surface area contributed by atoms with Gasteiger partial charge in [0, 0.05) is 33.9 Å². The number of halogens is 1. The van der Waals surface area contributed by atoms with Gasteiger partial charge in [0.25, 0.3) is 0 Å². The molecule has 0 saturated carbocycles. The molecule has 0 bridgehead atoms. The summed E-state index contributed by atoms with van der Waals surface area (Å²) in [5.74, 6) is 6.57. The number of rotatable bonds is 7. The number of nitrogens with two attached hydrogens (primary N) is 1. The Morgan fingerprint density at radius 2 is 2.25 bits per heavy atom. The number of nitrogens with zero attached hydrogens (tertiary/aromatic N) is 2. The highest BCUT2D eigenvalue weighted by molar-refractivity contribution is 9.10. The molecule has 1 aromatic carbocycles. The van der Waals surface area contributed by atoms with Gasteiger partial charge in [-0.15, -0.1) is 11.8 Å². The predicted molar refractivity (Wildman–Crippen MR) is 87.6 cm³/mol. The molecule has 0 spiro atoms. The summed E-state index contributed by atoms with van der Waals surface area (Å²) in [7, 11) is 0. The van der Waals surface area contributed by atoms with Crippen LogP contribution < -0.4 is 11.3 Å². The van der Waals surface area contributed by atoms with Crippen LogP contribution in [0.4, 0.5) is 0 Å². The molecular formula is C14H19BrN4S. The Labute approximate surface area is 132 Å². The molecule has 2 aromatic rings. The summed E-state index contributed by atoms with van der Waals surface area (Å²) in [6.07, 6.45) is 4.87. The molecule has 2 rings (SSSR count). The van der Waals surface area contributed by atoms with Crippen molar-refractivity contribution in [3.63, 3.8) is 0 Å². The minimum absolute atomic E-state index is 0.224. The van der Waals surface area contributed by atoms with Gasteiger partial charge in [-0.1, -0.05) is 12.1 Å². The van der Waals surface area contributed by atoms with Gasteiger partial charge in [0.2, 0.25) is 0 Å². The molecule has 108 valence electrons. The summed E-state index contributed by atoms with van der Waals surface area (Å²) in [4.78, 5) is 1.23. The van der Waals surface area contributed by atoms with Crippen molar-refractivity contribution in [2.45, 2.75) is 30.8 Å². The van der Waals surface area contributed by atoms with Crippen molar-refractivity contribution in [3.8, 4) is 0 Å². The van der Waals surface area contributed by atoms with E-state index >= 15 is 0 Å². The van der Waals surface area contributed by atoms with Crippen molar-refractivity contribution in [1.29, 1.82) is 0 Å². The minimum Gasteiger partial charge on any atom is -0.273 e. The van der Waals surface area contributed by atoms with Crippen LogP contribution in [0.2, 0.25) is 0 Å². The summed E-state index contributed by atoms with van der Waals surface area (Å²) >= 11 is 5.36. The van der Waals surface area contributed by atoms with Gasteiger partial charge >= 0.3 is 0 Å². The van der Waals surface area contributed by atoms with Crippen LogP contribution in [-0.4, -0.2) is 21.6 Å². The highest BCUT2D eigenvalue weighted by Gasteiger charge is 2.11. The minimum atomic E-state index is 0.224. The topological polar surface area (TPSA) is 55.9 Å². The van der Waals surface area contributed by atoms with E-state index in [0.717, 1.165) is 23.2 Å². The number of hydrogen-bond donors (Lipinski definition) is 2. The maximum absolute atomic E-state index is 5.66. The highest BCUT2D eigenvalue weighted by Crippen LogP contribution is 2.27. The van der Waals surface area contributed by atoms with E-state index in [1.165, 1.54) is 10.5 Å². The molecule has 0 radical (unpaired) electrons. The second kappa shape index (κ2) is 7.83. The lowest BCUT2D eigenvalue weighted by atomic mass is 10.1. The van der Waals surface area contributed by atoms with E-state index in [4.69, 9.17) is 5.84 Å². The number of benzene rings is 1. The van der Waals surface area contributed by atoms with Crippen molar-refractivity contribution >= 4 is 27.7 Å². The fourth-order valence-corrected chi connectivity index (χ4v) is 3.49. The third-order valence-electron chi connectivity index (χ3n) is 3.01. The third kappa shape index (κ3) is 4.34. The second-order valence-electron chi connectivity index (χ2n) is 4.51. The number of hydrazine groups is 1. The average Bonchev–Trinajstić information content (AvgIpc) is 2.92. The van der Waals surface area contributed by atoms with E-state index in [0.29, 0.717) is 0 Å². The third-order valence-corrected chi connectivity index (χ3v) is 5.20. The monoisotopic (exact) mass is 354 g/mol. The van der Waals surface area contributed by atoms with Crippen molar-refractivity contribution in [2.24, 2.45) is 5.84 Å². The first-order valence-corrected chi connectivity index (χ1v) is 8.35. The molecule has 4 nitrogen and oxygen atoms in total. The Morgan fingerprint density at radius 3 is 2.90 bits per heavy atom. The first-order chi connectivity index (χ1) is 9.72. The van der Waals surface area contributed by atoms with Crippen LogP contribution in [0.1, 0.15) is 12.5 Å². The fourth-order valence-electron chi connectivity index (χ4n) is 1.89. The molecule has 0 aliphatic rings. The zero-order valence-electron chi connectivity index (χ0n) is 11.4. The number of hydrogen-bond acceptors (Lipinski definition) is 4. The van der Waals surface area contributed by atoms with Gasteiger partial charge in [-0.25, -0.2) is 0 Å². The largest absolute Gasteiger partial charge is 0.273 e. The Kier molecular flexibility index (Phi) is 6.09. The quantitative estimate of drug-likeness (QED) is 0.456. The Hall–Kier alpha value is -0.820. The standard InChI is InChI=1S/C14H19BrN4S/c1-2-19-9-11(8-17-19)7-12(18-16)10-20-14-6-4-3-5-13(14)15/h3-6,8-9,12,18H,2,7,10,16H2,1H3. The summed E-state index contributed by atoms with van der Waals surface area (Å²) in [5.41, 5.74) is 4.11.